The van der Waals surface area contributed by atoms with Crippen molar-refractivity contribution in [3.63, 3.8) is 0 Å². The van der Waals surface area contributed by atoms with Crippen LogP contribution in [0.25, 0.3) is 33.0 Å². The van der Waals surface area contributed by atoms with Gasteiger partial charge in [-0.2, -0.15) is 5.26 Å². The largest absolute Gasteiger partial charge is 0.305 e. The zero-order valence-electron chi connectivity index (χ0n) is 14.2. The van der Waals surface area contributed by atoms with Gasteiger partial charge in [-0.05, 0) is 42.5 Å². The zero-order chi connectivity index (χ0) is 19.7. The third-order valence-corrected chi connectivity index (χ3v) is 5.65. The lowest BCUT2D eigenvalue weighted by atomic mass is 10.2. The summed E-state index contributed by atoms with van der Waals surface area (Å²) in [7, 11) is 0. The van der Waals surface area contributed by atoms with E-state index in [0.717, 1.165) is 14.2 Å². The summed E-state index contributed by atoms with van der Waals surface area (Å²) < 4.78 is 14.8. The number of fused-ring (bicyclic) bond motifs is 1. The Kier molecular flexibility index (Phi) is 4.90. The summed E-state index contributed by atoms with van der Waals surface area (Å²) in [5, 5.41) is 10.0. The van der Waals surface area contributed by atoms with E-state index in [4.69, 9.17) is 0 Å². The minimum Gasteiger partial charge on any atom is -0.305 e. The van der Waals surface area contributed by atoms with E-state index >= 15 is 0 Å². The molecule has 0 saturated heterocycles. The molecule has 0 unspecified atom stereocenters. The monoisotopic (exact) mass is 451 g/mol. The number of nitriles is 1. The van der Waals surface area contributed by atoms with Crippen LogP contribution in [0.3, 0.4) is 0 Å². The highest BCUT2D eigenvalue weighted by Crippen LogP contribution is 2.31. The van der Waals surface area contributed by atoms with Crippen molar-refractivity contribution >= 4 is 49.8 Å². The van der Waals surface area contributed by atoms with Crippen LogP contribution in [0, 0.1) is 17.1 Å². The molecule has 4 aromatic rings. The Balaban J connectivity index is 1.76. The molecule has 0 amide bonds. The number of halogens is 2. The lowest BCUT2D eigenvalue weighted by Gasteiger charge is -2.02. The summed E-state index contributed by atoms with van der Waals surface area (Å²) in [6, 6.07) is 17.4. The van der Waals surface area contributed by atoms with Crippen LogP contribution >= 0.6 is 27.3 Å². The Morgan fingerprint density at radius 1 is 1.21 bits per heavy atom. The summed E-state index contributed by atoms with van der Waals surface area (Å²) in [6.07, 6.45) is 1.64. The fraction of sp³-hybridized carbons (Fsp3) is 0. The molecule has 0 spiro atoms. The highest BCUT2D eigenvalue weighted by atomic mass is 79.9. The summed E-state index contributed by atoms with van der Waals surface area (Å²) in [5.74, 6) is -0.102. The molecule has 7 heteroatoms. The number of hydrogen-bond donors (Lipinski definition) is 1. The Morgan fingerprint density at radius 3 is 2.82 bits per heavy atom. The molecular weight excluding hydrogens is 441 g/mol. The molecule has 0 fully saturated rings. The number of aromatic amines is 1. The second kappa shape index (κ2) is 7.50. The average molecular weight is 452 g/mol. The topological polar surface area (TPSA) is 69.5 Å². The van der Waals surface area contributed by atoms with Crippen molar-refractivity contribution in [1.29, 1.82) is 5.26 Å². The van der Waals surface area contributed by atoms with Gasteiger partial charge in [-0.25, -0.2) is 9.37 Å². The van der Waals surface area contributed by atoms with Crippen LogP contribution in [-0.4, -0.2) is 9.97 Å². The molecule has 0 bridgehead atoms. The normalized spacial score (nSPS) is 11.5. The van der Waals surface area contributed by atoms with Gasteiger partial charge < -0.3 is 4.98 Å². The zero-order valence-corrected chi connectivity index (χ0v) is 16.6. The van der Waals surface area contributed by atoms with Gasteiger partial charge in [0.25, 0.3) is 5.56 Å². The molecule has 2 aromatic heterocycles. The van der Waals surface area contributed by atoms with Gasteiger partial charge in [0.2, 0.25) is 0 Å². The van der Waals surface area contributed by atoms with Crippen molar-refractivity contribution in [1.82, 2.24) is 9.97 Å². The van der Waals surface area contributed by atoms with Crippen LogP contribution in [0.1, 0.15) is 10.7 Å². The van der Waals surface area contributed by atoms with Gasteiger partial charge in [-0.3, -0.25) is 4.79 Å². The average Bonchev–Trinajstić information content (AvgIpc) is 3.15. The molecular formula is C21H11BrFN3OS. The lowest BCUT2D eigenvalue weighted by molar-refractivity contribution is 0.631. The van der Waals surface area contributed by atoms with E-state index in [1.807, 2.05) is 0 Å². The van der Waals surface area contributed by atoms with Crippen molar-refractivity contribution in [2.45, 2.75) is 0 Å². The Bertz CT molecular complexity index is 1330. The number of benzene rings is 2. The second-order valence-electron chi connectivity index (χ2n) is 5.93. The van der Waals surface area contributed by atoms with Crippen LogP contribution in [-0.2, 0) is 0 Å². The maximum atomic E-state index is 14.0. The van der Waals surface area contributed by atoms with E-state index in [1.165, 1.54) is 17.4 Å². The molecule has 0 aliphatic heterocycles. The number of aromatic nitrogens is 2. The van der Waals surface area contributed by atoms with Crippen LogP contribution in [0.15, 0.2) is 63.9 Å². The predicted octanol–water partition coefficient (Wildman–Crippen LogP) is 5.62. The van der Waals surface area contributed by atoms with E-state index in [0.29, 0.717) is 16.5 Å². The van der Waals surface area contributed by atoms with Gasteiger partial charge in [0.1, 0.15) is 11.9 Å². The van der Waals surface area contributed by atoms with Crippen molar-refractivity contribution in [3.05, 3.63) is 85.9 Å². The number of H-pyrrole nitrogens is 1. The smallest absolute Gasteiger partial charge is 0.259 e. The Hall–Kier alpha value is -3.08. The van der Waals surface area contributed by atoms with E-state index < -0.39 is 0 Å². The fourth-order valence-corrected chi connectivity index (χ4v) is 4.11. The molecule has 4 rings (SSSR count). The Morgan fingerprint density at radius 2 is 2.04 bits per heavy atom. The number of thiophene rings is 1. The van der Waals surface area contributed by atoms with Crippen molar-refractivity contribution in [2.24, 2.45) is 0 Å². The first-order valence-electron chi connectivity index (χ1n) is 8.21. The van der Waals surface area contributed by atoms with E-state index in [1.54, 1.807) is 54.6 Å². The van der Waals surface area contributed by atoms with Crippen molar-refractivity contribution in [3.8, 4) is 16.5 Å². The number of rotatable bonds is 3. The molecule has 28 heavy (non-hydrogen) atoms. The van der Waals surface area contributed by atoms with Crippen LogP contribution < -0.4 is 5.56 Å². The number of hydrogen-bond acceptors (Lipinski definition) is 4. The third kappa shape index (κ3) is 3.52. The van der Waals surface area contributed by atoms with Gasteiger partial charge in [0.05, 0.1) is 16.5 Å². The predicted molar refractivity (Wildman–Crippen MR) is 113 cm³/mol. The molecule has 2 aromatic carbocycles. The number of allylic oxidation sites excluding steroid dienone is 1. The first-order chi connectivity index (χ1) is 13.5. The molecule has 0 atom stereocenters. The summed E-state index contributed by atoms with van der Waals surface area (Å²) in [4.78, 5) is 20.9. The Labute approximate surface area is 171 Å². The maximum Gasteiger partial charge on any atom is 0.259 e. The second-order valence-corrected chi connectivity index (χ2v) is 7.96. The van der Waals surface area contributed by atoms with E-state index in [9.17, 15) is 14.4 Å². The highest BCUT2D eigenvalue weighted by molar-refractivity contribution is 9.10. The minimum atomic E-state index is -0.319. The summed E-state index contributed by atoms with van der Waals surface area (Å²) >= 11 is 4.68. The third-order valence-electron chi connectivity index (χ3n) is 4.10. The molecule has 0 aliphatic rings. The highest BCUT2D eigenvalue weighted by Gasteiger charge is 2.11. The van der Waals surface area contributed by atoms with Gasteiger partial charge >= 0.3 is 0 Å². The van der Waals surface area contributed by atoms with Gasteiger partial charge in [-0.1, -0.05) is 34.1 Å². The SMILES string of the molecule is N#C/C(=C\c1ccc(-c2ccccc2F)s1)c1nc2ccc(Br)cc2c(=O)[nH]1. The molecule has 0 saturated carbocycles. The minimum absolute atomic E-state index is 0.197. The van der Waals surface area contributed by atoms with E-state index in [-0.39, 0.29) is 22.8 Å². The quantitative estimate of drug-likeness (QED) is 0.411. The van der Waals surface area contributed by atoms with E-state index in [2.05, 4.69) is 32.0 Å². The fourth-order valence-electron chi connectivity index (χ4n) is 2.77. The maximum absolute atomic E-state index is 14.0. The van der Waals surface area contributed by atoms with Crippen molar-refractivity contribution < 1.29 is 4.39 Å². The first kappa shape index (κ1) is 18.3. The van der Waals surface area contributed by atoms with Crippen LogP contribution in [0.2, 0.25) is 0 Å². The lowest BCUT2D eigenvalue weighted by Crippen LogP contribution is -2.11. The number of nitrogens with zero attached hydrogens (tertiary/aromatic N) is 2. The van der Waals surface area contributed by atoms with Crippen LogP contribution in [0.4, 0.5) is 4.39 Å². The van der Waals surface area contributed by atoms with Crippen molar-refractivity contribution in [2.75, 3.05) is 0 Å². The molecule has 1 N–H and O–H groups in total. The van der Waals surface area contributed by atoms with Gasteiger partial charge in [-0.15, -0.1) is 11.3 Å². The van der Waals surface area contributed by atoms with Gasteiger partial charge in [0.15, 0.2) is 5.82 Å². The molecule has 4 nitrogen and oxygen atoms in total. The summed E-state index contributed by atoms with van der Waals surface area (Å²) in [5.41, 5.74) is 0.916. The molecule has 136 valence electrons. The van der Waals surface area contributed by atoms with Crippen LogP contribution in [0.5, 0.6) is 0 Å². The van der Waals surface area contributed by atoms with Gasteiger partial charge in [0, 0.05) is 19.8 Å². The molecule has 0 radical (unpaired) electrons. The first-order valence-corrected chi connectivity index (χ1v) is 9.82. The number of nitrogens with one attached hydrogen (secondary N) is 1. The molecule has 2 heterocycles. The standard InChI is InChI=1S/C21H11BrFN3OS/c22-13-5-7-18-16(10-13)21(27)26-20(25-18)12(11-24)9-14-6-8-19(28-14)15-3-1-2-4-17(15)23/h1-10H,(H,25,26,27)/b12-9+. The summed E-state index contributed by atoms with van der Waals surface area (Å²) in [6.45, 7) is 0. The molecule has 0 aliphatic carbocycles.